The summed E-state index contributed by atoms with van der Waals surface area (Å²) in [7, 11) is 0. The van der Waals surface area contributed by atoms with Crippen molar-refractivity contribution in [3.63, 3.8) is 0 Å². The Labute approximate surface area is 167 Å². The third kappa shape index (κ3) is 4.78. The number of rotatable bonds is 4. The molecule has 7 heteroatoms. The van der Waals surface area contributed by atoms with Gasteiger partial charge < -0.3 is 10.6 Å². The van der Waals surface area contributed by atoms with E-state index < -0.39 is 36.0 Å². The zero-order valence-corrected chi connectivity index (χ0v) is 16.2. The first-order chi connectivity index (χ1) is 13.7. The van der Waals surface area contributed by atoms with Gasteiger partial charge in [-0.3, -0.25) is 9.59 Å². The Kier molecular flexibility index (Phi) is 5.96. The maximum atomic E-state index is 12.9. The van der Waals surface area contributed by atoms with E-state index in [4.69, 9.17) is 0 Å². The normalized spacial score (nSPS) is 20.7. The number of carbonyl (C=O) groups is 2. The van der Waals surface area contributed by atoms with Crippen LogP contribution in [0.2, 0.25) is 0 Å². The Balaban J connectivity index is 1.82. The number of hydrogen-bond donors (Lipinski definition) is 2. The third-order valence-electron chi connectivity index (χ3n) is 5.37. The summed E-state index contributed by atoms with van der Waals surface area (Å²) < 4.78 is 38.6. The highest BCUT2D eigenvalue weighted by atomic mass is 19.4. The molecule has 1 heterocycles. The molecule has 154 valence electrons. The number of halogens is 3. The average Bonchev–Trinajstić information content (AvgIpc) is 2.68. The van der Waals surface area contributed by atoms with Crippen LogP contribution >= 0.6 is 0 Å². The van der Waals surface area contributed by atoms with Gasteiger partial charge in [-0.2, -0.15) is 13.2 Å². The number of alkyl halides is 3. The number of piperidine rings is 1. The Morgan fingerprint density at radius 2 is 1.72 bits per heavy atom. The van der Waals surface area contributed by atoms with Crippen LogP contribution in [0.15, 0.2) is 48.5 Å². The number of hydrogen-bond acceptors (Lipinski definition) is 2. The Morgan fingerprint density at radius 3 is 2.31 bits per heavy atom. The quantitative estimate of drug-likeness (QED) is 0.758. The monoisotopic (exact) mass is 404 g/mol. The van der Waals surface area contributed by atoms with Gasteiger partial charge in [-0.15, -0.1) is 0 Å². The lowest BCUT2D eigenvalue weighted by Gasteiger charge is -2.31. The largest absolute Gasteiger partial charge is 0.408 e. The molecule has 2 amide bonds. The van der Waals surface area contributed by atoms with Crippen LogP contribution < -0.4 is 10.6 Å². The molecule has 0 saturated carbocycles. The Morgan fingerprint density at radius 1 is 1.03 bits per heavy atom. The highest BCUT2D eigenvalue weighted by molar-refractivity contribution is 6.01. The van der Waals surface area contributed by atoms with Crippen LogP contribution in [0.5, 0.6) is 0 Å². The van der Waals surface area contributed by atoms with Gasteiger partial charge in [-0.05, 0) is 48.9 Å². The van der Waals surface area contributed by atoms with Gasteiger partial charge in [0.15, 0.2) is 0 Å². The van der Waals surface area contributed by atoms with E-state index in [1.807, 2.05) is 67.7 Å². The van der Waals surface area contributed by atoms with Crippen molar-refractivity contribution < 1.29 is 22.8 Å². The van der Waals surface area contributed by atoms with E-state index >= 15 is 0 Å². The minimum absolute atomic E-state index is 0.143. The molecule has 0 radical (unpaired) electrons. The summed E-state index contributed by atoms with van der Waals surface area (Å²) >= 11 is 0. The molecule has 4 nitrogen and oxygen atoms in total. The fourth-order valence-corrected chi connectivity index (χ4v) is 3.50. The van der Waals surface area contributed by atoms with E-state index in [0.717, 1.165) is 22.3 Å². The standard InChI is InChI=1S/C22H23F3N2O2/c1-13-8-9-16(12-14(13)2)19(15-6-4-3-5-7-15)27-21(29)17-10-11-18(22(23,24)25)26-20(17)28/h3-9,12,17-19H,10-11H2,1-2H3,(H,26,28)(H,27,29). The molecule has 1 aliphatic rings. The number of carbonyl (C=O) groups excluding carboxylic acids is 2. The van der Waals surface area contributed by atoms with Gasteiger partial charge in [-0.1, -0.05) is 48.5 Å². The number of nitrogens with one attached hydrogen (secondary N) is 2. The summed E-state index contributed by atoms with van der Waals surface area (Å²) in [6.07, 6.45) is -4.97. The van der Waals surface area contributed by atoms with Gasteiger partial charge in [0.1, 0.15) is 12.0 Å². The van der Waals surface area contributed by atoms with Crippen molar-refractivity contribution in [2.24, 2.45) is 5.92 Å². The maximum absolute atomic E-state index is 12.9. The topological polar surface area (TPSA) is 58.2 Å². The fraction of sp³-hybridized carbons (Fsp3) is 0.364. The minimum Gasteiger partial charge on any atom is -0.344 e. The van der Waals surface area contributed by atoms with Crippen molar-refractivity contribution in [3.8, 4) is 0 Å². The summed E-state index contributed by atoms with van der Waals surface area (Å²) in [5, 5.41) is 4.80. The van der Waals surface area contributed by atoms with Crippen LogP contribution in [-0.2, 0) is 9.59 Å². The smallest absolute Gasteiger partial charge is 0.344 e. The van der Waals surface area contributed by atoms with Gasteiger partial charge in [0.25, 0.3) is 0 Å². The highest BCUT2D eigenvalue weighted by Crippen LogP contribution is 2.30. The summed E-state index contributed by atoms with van der Waals surface area (Å²) in [5.41, 5.74) is 3.84. The van der Waals surface area contributed by atoms with Crippen LogP contribution in [0.4, 0.5) is 13.2 Å². The molecule has 2 aromatic carbocycles. The van der Waals surface area contributed by atoms with E-state index in [-0.39, 0.29) is 12.8 Å². The molecular weight excluding hydrogens is 381 g/mol. The molecule has 29 heavy (non-hydrogen) atoms. The molecular formula is C22H23F3N2O2. The zero-order chi connectivity index (χ0) is 21.2. The molecule has 1 aliphatic heterocycles. The first-order valence-corrected chi connectivity index (χ1v) is 9.46. The van der Waals surface area contributed by atoms with E-state index in [1.54, 1.807) is 0 Å². The lowest BCUT2D eigenvalue weighted by atomic mass is 9.91. The second-order valence-corrected chi connectivity index (χ2v) is 7.43. The molecule has 1 saturated heterocycles. The Hall–Kier alpha value is -2.83. The lowest BCUT2D eigenvalue weighted by Crippen LogP contribution is -2.54. The number of amides is 2. The molecule has 0 aliphatic carbocycles. The van der Waals surface area contributed by atoms with Crippen molar-refractivity contribution in [1.82, 2.24) is 10.6 Å². The molecule has 3 atom stereocenters. The number of benzene rings is 2. The van der Waals surface area contributed by atoms with Crippen LogP contribution in [0.25, 0.3) is 0 Å². The molecule has 2 aromatic rings. The Bertz CT molecular complexity index is 897. The van der Waals surface area contributed by atoms with Gasteiger partial charge >= 0.3 is 6.18 Å². The van der Waals surface area contributed by atoms with Crippen LogP contribution in [0.3, 0.4) is 0 Å². The molecule has 1 fully saturated rings. The van der Waals surface area contributed by atoms with Crippen LogP contribution in [0, 0.1) is 19.8 Å². The third-order valence-corrected chi connectivity index (χ3v) is 5.37. The van der Waals surface area contributed by atoms with E-state index in [9.17, 15) is 22.8 Å². The van der Waals surface area contributed by atoms with Gasteiger partial charge in [0, 0.05) is 0 Å². The van der Waals surface area contributed by atoms with Crippen molar-refractivity contribution in [2.45, 2.75) is 44.9 Å². The van der Waals surface area contributed by atoms with E-state index in [0.29, 0.717) is 0 Å². The first kappa shape index (κ1) is 20.9. The van der Waals surface area contributed by atoms with Gasteiger partial charge in [-0.25, -0.2) is 0 Å². The summed E-state index contributed by atoms with van der Waals surface area (Å²) in [6.45, 7) is 3.95. The highest BCUT2D eigenvalue weighted by Gasteiger charge is 2.46. The van der Waals surface area contributed by atoms with Crippen LogP contribution in [-0.4, -0.2) is 24.0 Å². The molecule has 2 N–H and O–H groups in total. The lowest BCUT2D eigenvalue weighted by molar-refractivity contribution is -0.171. The zero-order valence-electron chi connectivity index (χ0n) is 16.2. The molecule has 0 aromatic heterocycles. The average molecular weight is 404 g/mol. The SMILES string of the molecule is Cc1ccc(C(NC(=O)C2CCC(C(F)(F)F)NC2=O)c2ccccc2)cc1C. The fourth-order valence-electron chi connectivity index (χ4n) is 3.50. The summed E-state index contributed by atoms with van der Waals surface area (Å²) in [4.78, 5) is 25.0. The van der Waals surface area contributed by atoms with Crippen molar-refractivity contribution >= 4 is 11.8 Å². The minimum atomic E-state index is -4.51. The number of aryl methyl sites for hydroxylation is 2. The summed E-state index contributed by atoms with van der Waals surface area (Å²) in [5.74, 6) is -2.61. The summed E-state index contributed by atoms with van der Waals surface area (Å²) in [6, 6.07) is 12.7. The van der Waals surface area contributed by atoms with Crippen molar-refractivity contribution in [1.29, 1.82) is 0 Å². The second kappa shape index (κ2) is 8.27. The van der Waals surface area contributed by atoms with Crippen molar-refractivity contribution in [3.05, 3.63) is 70.8 Å². The van der Waals surface area contributed by atoms with Gasteiger partial charge in [0.2, 0.25) is 11.8 Å². The van der Waals surface area contributed by atoms with E-state index in [1.165, 1.54) is 0 Å². The second-order valence-electron chi connectivity index (χ2n) is 7.43. The van der Waals surface area contributed by atoms with Crippen LogP contribution in [0.1, 0.15) is 41.1 Å². The van der Waals surface area contributed by atoms with E-state index in [2.05, 4.69) is 5.32 Å². The molecule has 0 spiro atoms. The first-order valence-electron chi connectivity index (χ1n) is 9.46. The predicted octanol–water partition coefficient (Wildman–Crippen LogP) is 3.97. The predicted molar refractivity (Wildman–Crippen MR) is 103 cm³/mol. The molecule has 3 unspecified atom stereocenters. The maximum Gasteiger partial charge on any atom is 0.408 e. The van der Waals surface area contributed by atoms with Crippen molar-refractivity contribution in [2.75, 3.05) is 0 Å². The molecule has 0 bridgehead atoms. The van der Waals surface area contributed by atoms with Gasteiger partial charge in [0.05, 0.1) is 6.04 Å². The molecule has 3 rings (SSSR count).